The number of esters is 2. The summed E-state index contributed by atoms with van der Waals surface area (Å²) in [4.78, 5) is 51.5. The zero-order valence-corrected chi connectivity index (χ0v) is 19.6. The molecule has 4 atom stereocenters. The van der Waals surface area contributed by atoms with Crippen LogP contribution in [-0.4, -0.2) is 58.0 Å². The van der Waals surface area contributed by atoms with E-state index in [9.17, 15) is 19.2 Å². The van der Waals surface area contributed by atoms with E-state index in [-0.39, 0.29) is 12.2 Å². The molecule has 4 rings (SSSR count). The molecule has 2 aliphatic rings. The third-order valence-electron chi connectivity index (χ3n) is 5.72. The molecule has 1 unspecified atom stereocenters. The maximum atomic E-state index is 13.6. The predicted molar refractivity (Wildman–Crippen MR) is 125 cm³/mol. The zero-order chi connectivity index (χ0) is 24.9. The summed E-state index contributed by atoms with van der Waals surface area (Å²) in [7, 11) is 0. The van der Waals surface area contributed by atoms with Gasteiger partial charge in [0.05, 0.1) is 6.07 Å². The molecule has 2 aliphatic heterocycles. The van der Waals surface area contributed by atoms with Crippen LogP contribution < -0.4 is 5.32 Å². The molecular weight excluding hydrogens is 470 g/mol. The molecule has 0 bridgehead atoms. The second-order valence-electron chi connectivity index (χ2n) is 8.08. The van der Waals surface area contributed by atoms with Crippen LogP contribution in [0.1, 0.15) is 30.6 Å². The van der Waals surface area contributed by atoms with Gasteiger partial charge in [-0.25, -0.2) is 4.79 Å². The molecule has 2 aromatic rings. The number of nitrogens with one attached hydrogen (secondary N) is 1. The van der Waals surface area contributed by atoms with Crippen LogP contribution in [0.5, 0.6) is 0 Å². The van der Waals surface area contributed by atoms with Gasteiger partial charge in [-0.1, -0.05) is 60.7 Å². The highest BCUT2D eigenvalue weighted by Crippen LogP contribution is 2.40. The first kappa shape index (κ1) is 24.3. The normalized spacial score (nSPS) is 22.9. The molecule has 0 aliphatic carbocycles. The van der Waals surface area contributed by atoms with E-state index >= 15 is 0 Å². The number of hydrogen-bond donors (Lipinski definition) is 1. The smallest absolute Gasteiger partial charge is 0.333 e. The largest absolute Gasteiger partial charge is 0.459 e. The highest BCUT2D eigenvalue weighted by molar-refractivity contribution is 8.00. The molecule has 2 amide bonds. The number of carbonyl (C=O) groups is 4. The van der Waals surface area contributed by atoms with Gasteiger partial charge >= 0.3 is 11.9 Å². The van der Waals surface area contributed by atoms with Crippen molar-refractivity contribution in [2.75, 3.05) is 5.75 Å². The molecule has 0 radical (unpaired) electrons. The lowest BCUT2D eigenvalue weighted by molar-refractivity contribution is -0.178. The van der Waals surface area contributed by atoms with E-state index in [0.717, 1.165) is 11.1 Å². The second-order valence-corrected chi connectivity index (χ2v) is 9.23. The van der Waals surface area contributed by atoms with E-state index in [1.54, 1.807) is 6.07 Å². The number of benzene rings is 2. The number of thioether (sulfide) groups is 1. The van der Waals surface area contributed by atoms with Crippen molar-refractivity contribution in [1.29, 1.82) is 5.26 Å². The van der Waals surface area contributed by atoms with Gasteiger partial charge < -0.3 is 19.7 Å². The van der Waals surface area contributed by atoms with Gasteiger partial charge in [0.25, 0.3) is 0 Å². The van der Waals surface area contributed by atoms with E-state index in [2.05, 4.69) is 5.32 Å². The average Bonchev–Trinajstić information content (AvgIpc) is 2.86. The molecule has 180 valence electrons. The molecule has 0 aromatic heterocycles. The van der Waals surface area contributed by atoms with Crippen molar-refractivity contribution < 1.29 is 28.7 Å². The third kappa shape index (κ3) is 5.15. The van der Waals surface area contributed by atoms with Crippen molar-refractivity contribution >= 4 is 35.5 Å². The standard InChI is InChI=1S/C25H23N3O6S/c1-15(29)33-18-14-35-24-20(27-19(30)12-13-26)23(31)28(24)21(18)25(32)34-22(16-8-4-2-5-9-16)17-10-6-3-7-11-17/h2-11,18,20-22,24H,12,14H2,1H3,(H,27,30)/t18?,20-,21-,24+/m1/s1. The third-order valence-corrected chi connectivity index (χ3v) is 7.08. The topological polar surface area (TPSA) is 126 Å². The molecule has 2 aromatic carbocycles. The van der Waals surface area contributed by atoms with Gasteiger partial charge in [-0.05, 0) is 11.1 Å². The molecule has 2 fully saturated rings. The summed E-state index contributed by atoms with van der Waals surface area (Å²) in [6.07, 6.45) is -2.02. The maximum Gasteiger partial charge on any atom is 0.333 e. The van der Waals surface area contributed by atoms with Gasteiger partial charge in [-0.15, -0.1) is 11.8 Å². The van der Waals surface area contributed by atoms with Crippen LogP contribution in [0.25, 0.3) is 0 Å². The number of amides is 2. The van der Waals surface area contributed by atoms with Gasteiger partial charge in [-0.3, -0.25) is 14.4 Å². The SMILES string of the molecule is CC(=O)OC1CS[C@H]2[C@H](NC(=O)CC#N)C(=O)N2[C@H]1C(=O)OC(c1ccccc1)c1ccccc1. The van der Waals surface area contributed by atoms with E-state index in [1.807, 2.05) is 60.7 Å². The molecule has 1 N–H and O–H groups in total. The Labute approximate surface area is 206 Å². The molecular formula is C25H23N3O6S. The van der Waals surface area contributed by atoms with Crippen LogP contribution in [0, 0.1) is 11.3 Å². The number of fused-ring (bicyclic) bond motifs is 1. The Morgan fingerprint density at radius 1 is 1.11 bits per heavy atom. The molecule has 2 heterocycles. The maximum absolute atomic E-state index is 13.6. The number of ether oxygens (including phenoxy) is 2. The first-order valence-corrected chi connectivity index (χ1v) is 12.0. The van der Waals surface area contributed by atoms with Crippen LogP contribution >= 0.6 is 11.8 Å². The lowest BCUT2D eigenvalue weighted by atomic mass is 9.98. The summed E-state index contributed by atoms with van der Waals surface area (Å²) in [5, 5.41) is 10.7. The highest BCUT2D eigenvalue weighted by atomic mass is 32.2. The molecule has 35 heavy (non-hydrogen) atoms. The summed E-state index contributed by atoms with van der Waals surface area (Å²) < 4.78 is 11.4. The number of β-lactam (4-membered cyclic amide) rings is 1. The van der Waals surface area contributed by atoms with E-state index in [1.165, 1.54) is 23.6 Å². The number of rotatable bonds is 7. The van der Waals surface area contributed by atoms with E-state index < -0.39 is 53.4 Å². The first-order chi connectivity index (χ1) is 16.9. The van der Waals surface area contributed by atoms with Crippen molar-refractivity contribution in [3.63, 3.8) is 0 Å². The lowest BCUT2D eigenvalue weighted by Gasteiger charge is -2.54. The Bertz CT molecular complexity index is 1110. The minimum absolute atomic E-state index is 0.236. The number of nitriles is 1. The van der Waals surface area contributed by atoms with Gasteiger partial charge in [0.2, 0.25) is 11.8 Å². The molecule has 0 saturated carbocycles. The minimum atomic E-state index is -1.17. The van der Waals surface area contributed by atoms with Crippen molar-refractivity contribution in [2.24, 2.45) is 0 Å². The predicted octanol–water partition coefficient (Wildman–Crippen LogP) is 1.93. The summed E-state index contributed by atoms with van der Waals surface area (Å²) in [5.74, 6) is -2.13. The first-order valence-electron chi connectivity index (χ1n) is 11.0. The monoisotopic (exact) mass is 493 g/mol. The Kier molecular flexibility index (Phi) is 7.36. The lowest BCUT2D eigenvalue weighted by Crippen LogP contribution is -2.77. The van der Waals surface area contributed by atoms with E-state index in [4.69, 9.17) is 14.7 Å². The van der Waals surface area contributed by atoms with Gasteiger partial charge in [-0.2, -0.15) is 5.26 Å². The van der Waals surface area contributed by atoms with Crippen LogP contribution in [0.4, 0.5) is 0 Å². The van der Waals surface area contributed by atoms with Crippen LogP contribution in [0.3, 0.4) is 0 Å². The molecule has 10 heteroatoms. The quantitative estimate of drug-likeness (QED) is 0.458. The average molecular weight is 494 g/mol. The zero-order valence-electron chi connectivity index (χ0n) is 18.8. The van der Waals surface area contributed by atoms with Crippen molar-refractivity contribution in [2.45, 2.75) is 43.0 Å². The Hall–Kier alpha value is -3.84. The van der Waals surface area contributed by atoms with Gasteiger partial charge in [0, 0.05) is 12.7 Å². The fourth-order valence-electron chi connectivity index (χ4n) is 4.20. The number of hydrogen-bond acceptors (Lipinski definition) is 8. The fourth-order valence-corrected chi connectivity index (χ4v) is 5.61. The molecule has 9 nitrogen and oxygen atoms in total. The summed E-state index contributed by atoms with van der Waals surface area (Å²) in [6, 6.07) is 18.1. The van der Waals surface area contributed by atoms with Gasteiger partial charge in [0.15, 0.2) is 12.1 Å². The summed E-state index contributed by atoms with van der Waals surface area (Å²) in [5.41, 5.74) is 1.49. The summed E-state index contributed by atoms with van der Waals surface area (Å²) >= 11 is 1.29. The van der Waals surface area contributed by atoms with E-state index in [0.29, 0.717) is 0 Å². The number of carbonyl (C=O) groups excluding carboxylic acids is 4. The fraction of sp³-hybridized carbons (Fsp3) is 0.320. The Morgan fingerprint density at radius 2 is 1.71 bits per heavy atom. The number of nitrogens with zero attached hydrogens (tertiary/aromatic N) is 2. The summed E-state index contributed by atoms with van der Waals surface area (Å²) in [6.45, 7) is 1.23. The Balaban J connectivity index is 1.60. The van der Waals surface area contributed by atoms with Crippen LogP contribution in [0.2, 0.25) is 0 Å². The molecule has 0 spiro atoms. The van der Waals surface area contributed by atoms with Crippen molar-refractivity contribution in [3.8, 4) is 6.07 Å². The Morgan fingerprint density at radius 3 is 2.26 bits per heavy atom. The van der Waals surface area contributed by atoms with Crippen molar-refractivity contribution in [1.82, 2.24) is 10.2 Å². The van der Waals surface area contributed by atoms with Crippen LogP contribution in [0.15, 0.2) is 60.7 Å². The van der Waals surface area contributed by atoms with Gasteiger partial charge in [0.1, 0.15) is 23.9 Å². The van der Waals surface area contributed by atoms with Crippen molar-refractivity contribution in [3.05, 3.63) is 71.8 Å². The molecule has 2 saturated heterocycles. The second kappa shape index (κ2) is 10.6. The highest BCUT2D eigenvalue weighted by Gasteiger charge is 2.59. The minimum Gasteiger partial charge on any atom is -0.459 e. The van der Waals surface area contributed by atoms with Crippen LogP contribution in [-0.2, 0) is 28.7 Å².